The summed E-state index contributed by atoms with van der Waals surface area (Å²) < 4.78 is 20.0. The minimum Gasteiger partial charge on any atom is -0.378 e. The number of nitrogens with zero attached hydrogens (tertiary/aromatic N) is 3. The van der Waals surface area contributed by atoms with Crippen molar-refractivity contribution < 1.29 is 13.9 Å². The van der Waals surface area contributed by atoms with Crippen molar-refractivity contribution in [1.29, 1.82) is 0 Å². The molecule has 19 heavy (non-hydrogen) atoms. The molecule has 1 aliphatic heterocycles. The standard InChI is InChI=1S/C13H14FN3O2/c14-11-2-1-10-8-15-17(12(10)7-11)9-13(18)16-3-5-19-6-4-16/h1-2,7-8H,3-6,9H2. The van der Waals surface area contributed by atoms with Crippen molar-refractivity contribution in [2.75, 3.05) is 26.3 Å². The Labute approximate surface area is 109 Å². The summed E-state index contributed by atoms with van der Waals surface area (Å²) in [7, 11) is 0. The minimum absolute atomic E-state index is 0.0161. The van der Waals surface area contributed by atoms with Gasteiger partial charge in [0.05, 0.1) is 24.9 Å². The number of carbonyl (C=O) groups excluding carboxylic acids is 1. The lowest BCUT2D eigenvalue weighted by Crippen LogP contribution is -2.42. The summed E-state index contributed by atoms with van der Waals surface area (Å²) in [5.74, 6) is -0.342. The van der Waals surface area contributed by atoms with Crippen molar-refractivity contribution in [2.24, 2.45) is 0 Å². The summed E-state index contributed by atoms with van der Waals surface area (Å²) in [5, 5.41) is 4.97. The van der Waals surface area contributed by atoms with Crippen LogP contribution in [0, 0.1) is 5.82 Å². The second kappa shape index (κ2) is 4.97. The van der Waals surface area contributed by atoms with Crippen LogP contribution in [-0.4, -0.2) is 46.9 Å². The zero-order valence-corrected chi connectivity index (χ0v) is 10.4. The normalized spacial score (nSPS) is 15.9. The van der Waals surface area contributed by atoms with Gasteiger partial charge in [0.15, 0.2) is 0 Å². The Morgan fingerprint density at radius 3 is 2.95 bits per heavy atom. The van der Waals surface area contributed by atoms with Crippen LogP contribution in [-0.2, 0) is 16.1 Å². The van der Waals surface area contributed by atoms with Gasteiger partial charge < -0.3 is 9.64 Å². The first-order valence-corrected chi connectivity index (χ1v) is 6.20. The molecule has 1 aromatic carbocycles. The first-order valence-electron chi connectivity index (χ1n) is 6.20. The highest BCUT2D eigenvalue weighted by molar-refractivity contribution is 5.82. The van der Waals surface area contributed by atoms with Gasteiger partial charge in [-0.2, -0.15) is 5.10 Å². The number of amides is 1. The van der Waals surface area contributed by atoms with Gasteiger partial charge in [0.25, 0.3) is 0 Å². The van der Waals surface area contributed by atoms with Gasteiger partial charge in [-0.15, -0.1) is 0 Å². The molecule has 1 aromatic heterocycles. The van der Waals surface area contributed by atoms with Gasteiger partial charge in [-0.05, 0) is 18.2 Å². The number of carbonyl (C=O) groups is 1. The Balaban J connectivity index is 1.80. The molecule has 0 atom stereocenters. The fourth-order valence-corrected chi connectivity index (χ4v) is 2.21. The summed E-state index contributed by atoms with van der Waals surface area (Å²) in [6.07, 6.45) is 1.64. The number of benzene rings is 1. The Bertz CT molecular complexity index is 605. The van der Waals surface area contributed by atoms with Crippen molar-refractivity contribution in [3.63, 3.8) is 0 Å². The van der Waals surface area contributed by atoms with E-state index in [1.54, 1.807) is 17.2 Å². The van der Waals surface area contributed by atoms with E-state index in [0.29, 0.717) is 31.8 Å². The molecule has 0 saturated carbocycles. The summed E-state index contributed by atoms with van der Waals surface area (Å²) in [6, 6.07) is 4.44. The first kappa shape index (κ1) is 12.1. The largest absolute Gasteiger partial charge is 0.378 e. The number of hydrogen-bond acceptors (Lipinski definition) is 3. The van der Waals surface area contributed by atoms with Crippen LogP contribution in [0.3, 0.4) is 0 Å². The zero-order chi connectivity index (χ0) is 13.2. The van der Waals surface area contributed by atoms with Gasteiger partial charge in [-0.1, -0.05) is 0 Å². The molecule has 5 nitrogen and oxygen atoms in total. The van der Waals surface area contributed by atoms with Crippen molar-refractivity contribution >= 4 is 16.8 Å². The molecule has 3 rings (SSSR count). The van der Waals surface area contributed by atoms with Crippen LogP contribution >= 0.6 is 0 Å². The molecule has 0 bridgehead atoms. The van der Waals surface area contributed by atoms with E-state index in [-0.39, 0.29) is 18.3 Å². The monoisotopic (exact) mass is 263 g/mol. The molecule has 1 aliphatic rings. The van der Waals surface area contributed by atoms with E-state index >= 15 is 0 Å². The van der Waals surface area contributed by atoms with E-state index in [9.17, 15) is 9.18 Å². The van der Waals surface area contributed by atoms with E-state index in [2.05, 4.69) is 5.10 Å². The van der Waals surface area contributed by atoms with E-state index in [1.165, 1.54) is 16.8 Å². The Hall–Kier alpha value is -1.95. The van der Waals surface area contributed by atoms with Gasteiger partial charge in [0.2, 0.25) is 5.91 Å². The van der Waals surface area contributed by atoms with E-state index in [4.69, 9.17) is 4.74 Å². The third-order valence-electron chi connectivity index (χ3n) is 3.26. The molecule has 1 amide bonds. The molecule has 0 radical (unpaired) electrons. The average Bonchev–Trinajstić information content (AvgIpc) is 2.82. The van der Waals surface area contributed by atoms with E-state index in [1.807, 2.05) is 0 Å². The number of hydrogen-bond donors (Lipinski definition) is 0. The van der Waals surface area contributed by atoms with Crippen LogP contribution in [0.25, 0.3) is 10.9 Å². The van der Waals surface area contributed by atoms with Crippen molar-refractivity contribution in [1.82, 2.24) is 14.7 Å². The molecule has 6 heteroatoms. The maximum absolute atomic E-state index is 13.2. The average molecular weight is 263 g/mol. The van der Waals surface area contributed by atoms with Gasteiger partial charge in [-0.3, -0.25) is 9.48 Å². The maximum atomic E-state index is 13.2. The zero-order valence-electron chi connectivity index (χ0n) is 10.4. The van der Waals surface area contributed by atoms with E-state index < -0.39 is 0 Å². The van der Waals surface area contributed by atoms with Crippen LogP contribution in [0.4, 0.5) is 4.39 Å². The van der Waals surface area contributed by atoms with Gasteiger partial charge >= 0.3 is 0 Å². The van der Waals surface area contributed by atoms with Gasteiger partial charge in [0.1, 0.15) is 12.4 Å². The topological polar surface area (TPSA) is 47.4 Å². The second-order valence-electron chi connectivity index (χ2n) is 4.50. The molecule has 1 saturated heterocycles. The lowest BCUT2D eigenvalue weighted by molar-refractivity contribution is -0.136. The number of morpholine rings is 1. The van der Waals surface area contributed by atoms with Crippen molar-refractivity contribution in [3.05, 3.63) is 30.2 Å². The fraction of sp³-hybridized carbons (Fsp3) is 0.385. The van der Waals surface area contributed by atoms with Crippen LogP contribution in [0.15, 0.2) is 24.4 Å². The summed E-state index contributed by atoms with van der Waals surface area (Å²) >= 11 is 0. The number of ether oxygens (including phenoxy) is 1. The molecule has 2 aromatic rings. The molecular formula is C13H14FN3O2. The van der Waals surface area contributed by atoms with Crippen molar-refractivity contribution in [2.45, 2.75) is 6.54 Å². The molecule has 2 heterocycles. The van der Waals surface area contributed by atoms with Gasteiger partial charge in [-0.25, -0.2) is 4.39 Å². The van der Waals surface area contributed by atoms with Crippen molar-refractivity contribution in [3.8, 4) is 0 Å². The molecular weight excluding hydrogens is 249 g/mol. The van der Waals surface area contributed by atoms with Gasteiger partial charge in [0, 0.05) is 18.5 Å². The maximum Gasteiger partial charge on any atom is 0.244 e. The predicted octanol–water partition coefficient (Wildman–Crippen LogP) is 1.03. The smallest absolute Gasteiger partial charge is 0.244 e. The predicted molar refractivity (Wildman–Crippen MR) is 67.1 cm³/mol. The number of aromatic nitrogens is 2. The van der Waals surface area contributed by atoms with Crippen LogP contribution < -0.4 is 0 Å². The molecule has 100 valence electrons. The molecule has 0 aliphatic carbocycles. The lowest BCUT2D eigenvalue weighted by Gasteiger charge is -2.26. The molecule has 0 unspecified atom stereocenters. The third-order valence-corrected chi connectivity index (χ3v) is 3.26. The highest BCUT2D eigenvalue weighted by Gasteiger charge is 2.18. The number of rotatable bonds is 2. The fourth-order valence-electron chi connectivity index (χ4n) is 2.21. The first-order chi connectivity index (χ1) is 9.24. The summed E-state index contributed by atoms with van der Waals surface area (Å²) in [5.41, 5.74) is 0.640. The Kier molecular flexibility index (Phi) is 3.16. The SMILES string of the molecule is O=C(Cn1ncc2ccc(F)cc21)N1CCOCC1. The molecule has 0 N–H and O–H groups in total. The molecule has 0 spiro atoms. The van der Waals surface area contributed by atoms with E-state index in [0.717, 1.165) is 5.39 Å². The van der Waals surface area contributed by atoms with Crippen LogP contribution in [0.5, 0.6) is 0 Å². The highest BCUT2D eigenvalue weighted by Crippen LogP contribution is 2.15. The quantitative estimate of drug-likeness (QED) is 0.813. The van der Waals surface area contributed by atoms with Crippen LogP contribution in [0.2, 0.25) is 0 Å². The molecule has 1 fully saturated rings. The second-order valence-corrected chi connectivity index (χ2v) is 4.50. The highest BCUT2D eigenvalue weighted by atomic mass is 19.1. The van der Waals surface area contributed by atoms with Crippen LogP contribution in [0.1, 0.15) is 0 Å². The Morgan fingerprint density at radius 2 is 2.16 bits per heavy atom. The third kappa shape index (κ3) is 2.44. The minimum atomic E-state index is -0.326. The summed E-state index contributed by atoms with van der Waals surface area (Å²) in [6.45, 7) is 2.48. The number of fused-ring (bicyclic) bond motifs is 1. The number of halogens is 1. The summed E-state index contributed by atoms with van der Waals surface area (Å²) in [4.78, 5) is 13.9. The Morgan fingerprint density at radius 1 is 1.37 bits per heavy atom. The lowest BCUT2D eigenvalue weighted by atomic mass is 10.2.